The molecule has 21 heavy (non-hydrogen) atoms. The first-order chi connectivity index (χ1) is 9.87. The van der Waals surface area contributed by atoms with E-state index in [9.17, 15) is 13.2 Å². The van der Waals surface area contributed by atoms with Gasteiger partial charge in [0.15, 0.2) is 0 Å². The minimum absolute atomic E-state index is 0.186. The molecule has 1 aromatic rings. The molecule has 7 heteroatoms. The summed E-state index contributed by atoms with van der Waals surface area (Å²) < 4.78 is 26.1. The van der Waals surface area contributed by atoms with E-state index in [1.807, 2.05) is 0 Å². The molecule has 0 saturated carbocycles. The van der Waals surface area contributed by atoms with E-state index in [4.69, 9.17) is 0 Å². The van der Waals surface area contributed by atoms with Gasteiger partial charge >= 0.3 is 0 Å². The molecule has 5 nitrogen and oxygen atoms in total. The van der Waals surface area contributed by atoms with Crippen molar-refractivity contribution in [3.05, 3.63) is 24.3 Å². The number of rotatable bonds is 8. The molecule has 0 bridgehead atoms. The van der Waals surface area contributed by atoms with Crippen molar-refractivity contribution in [2.24, 2.45) is 0 Å². The first-order valence-electron chi connectivity index (χ1n) is 6.78. The molecule has 0 fully saturated rings. The van der Waals surface area contributed by atoms with Gasteiger partial charge in [0.2, 0.25) is 15.9 Å². The number of unbranched alkanes of at least 4 members (excludes halogenated alkanes) is 2. The summed E-state index contributed by atoms with van der Waals surface area (Å²) in [5.41, 5.74) is 0.585. The maximum Gasteiger partial charge on any atom is 0.242 e. The van der Waals surface area contributed by atoms with Gasteiger partial charge in [-0.15, -0.1) is 0 Å². The zero-order valence-corrected chi connectivity index (χ0v) is 14.7. The van der Waals surface area contributed by atoms with Crippen LogP contribution in [-0.2, 0) is 14.8 Å². The highest BCUT2D eigenvalue weighted by Gasteiger charge is 2.20. The molecule has 1 N–H and O–H groups in total. The fraction of sp³-hybridized carbons (Fsp3) is 0.500. The molecule has 0 aliphatic heterocycles. The molecular weight excluding hydrogens is 356 g/mol. The largest absolute Gasteiger partial charge is 0.326 e. The molecular formula is C14H21BrN2O3S. The molecule has 0 heterocycles. The lowest BCUT2D eigenvalue weighted by atomic mass is 10.2. The molecule has 0 aliphatic carbocycles. The summed E-state index contributed by atoms with van der Waals surface area (Å²) in [4.78, 5) is 11.2. The molecule has 0 aliphatic rings. The van der Waals surface area contributed by atoms with Crippen molar-refractivity contribution in [3.8, 4) is 0 Å². The molecule has 118 valence electrons. The first-order valence-corrected chi connectivity index (χ1v) is 9.34. The fourth-order valence-corrected chi connectivity index (χ4v) is 3.43. The number of anilines is 1. The van der Waals surface area contributed by atoms with Gasteiger partial charge in [0, 0.05) is 31.5 Å². The van der Waals surface area contributed by atoms with Gasteiger partial charge in [0.1, 0.15) is 0 Å². The van der Waals surface area contributed by atoms with Crippen LogP contribution in [0.3, 0.4) is 0 Å². The second kappa shape index (κ2) is 8.51. The Kier molecular flexibility index (Phi) is 7.34. The van der Waals surface area contributed by atoms with Gasteiger partial charge in [-0.2, -0.15) is 0 Å². The third-order valence-electron chi connectivity index (χ3n) is 2.99. The number of halogens is 1. The number of benzene rings is 1. The predicted molar refractivity (Wildman–Crippen MR) is 88.2 cm³/mol. The predicted octanol–water partition coefficient (Wildman–Crippen LogP) is 2.83. The van der Waals surface area contributed by atoms with Gasteiger partial charge < -0.3 is 5.32 Å². The van der Waals surface area contributed by atoms with Crippen LogP contribution in [0.2, 0.25) is 0 Å². The Morgan fingerprint density at radius 1 is 1.19 bits per heavy atom. The van der Waals surface area contributed by atoms with Gasteiger partial charge in [-0.25, -0.2) is 12.7 Å². The van der Waals surface area contributed by atoms with Crippen LogP contribution in [-0.4, -0.2) is 37.6 Å². The number of sulfonamides is 1. The van der Waals surface area contributed by atoms with E-state index in [0.717, 1.165) is 24.6 Å². The Morgan fingerprint density at radius 2 is 1.81 bits per heavy atom. The van der Waals surface area contributed by atoms with E-state index < -0.39 is 10.0 Å². The molecule has 0 radical (unpaired) electrons. The number of hydrogen-bond donors (Lipinski definition) is 1. The zero-order valence-electron chi connectivity index (χ0n) is 12.3. The van der Waals surface area contributed by atoms with E-state index in [2.05, 4.69) is 21.2 Å². The van der Waals surface area contributed by atoms with Crippen molar-refractivity contribution in [2.45, 2.75) is 31.1 Å². The smallest absolute Gasteiger partial charge is 0.242 e. The molecule has 0 aromatic heterocycles. The van der Waals surface area contributed by atoms with Crippen molar-refractivity contribution in [1.82, 2.24) is 4.31 Å². The van der Waals surface area contributed by atoms with Crippen LogP contribution in [0.5, 0.6) is 0 Å². The molecule has 1 aromatic carbocycles. The van der Waals surface area contributed by atoms with Crippen molar-refractivity contribution >= 4 is 37.5 Å². The highest BCUT2D eigenvalue weighted by molar-refractivity contribution is 9.09. The second-order valence-corrected chi connectivity index (χ2v) is 7.62. The van der Waals surface area contributed by atoms with Gasteiger partial charge in [0.25, 0.3) is 0 Å². The van der Waals surface area contributed by atoms with E-state index >= 15 is 0 Å². The summed E-state index contributed by atoms with van der Waals surface area (Å²) in [6, 6.07) is 6.20. The molecule has 0 atom stereocenters. The van der Waals surface area contributed by atoms with Crippen molar-refractivity contribution in [3.63, 3.8) is 0 Å². The standard InChI is InChI=1S/C14H21BrN2O3S/c1-12(18)16-13-6-8-14(9-7-13)21(19,20)17(2)11-5-3-4-10-15/h6-9H,3-5,10-11H2,1-2H3,(H,16,18). The van der Waals surface area contributed by atoms with Crippen LogP contribution in [0.4, 0.5) is 5.69 Å². The third kappa shape index (κ3) is 5.76. The van der Waals surface area contributed by atoms with Gasteiger partial charge in [-0.05, 0) is 37.1 Å². The lowest BCUT2D eigenvalue weighted by Gasteiger charge is -2.17. The fourth-order valence-electron chi connectivity index (χ4n) is 1.82. The number of amides is 1. The Hall–Kier alpha value is -0.920. The summed E-state index contributed by atoms with van der Waals surface area (Å²) in [6.07, 6.45) is 2.87. The highest BCUT2D eigenvalue weighted by Crippen LogP contribution is 2.18. The maximum atomic E-state index is 12.4. The number of hydrogen-bond acceptors (Lipinski definition) is 3. The van der Waals surface area contributed by atoms with Crippen LogP contribution in [0.15, 0.2) is 29.2 Å². The maximum absolute atomic E-state index is 12.4. The Morgan fingerprint density at radius 3 is 2.33 bits per heavy atom. The monoisotopic (exact) mass is 376 g/mol. The van der Waals surface area contributed by atoms with E-state index in [0.29, 0.717) is 12.2 Å². The number of nitrogens with zero attached hydrogens (tertiary/aromatic N) is 1. The zero-order chi connectivity index (χ0) is 15.9. The Bertz CT molecular complexity index is 558. The Balaban J connectivity index is 2.70. The number of nitrogens with one attached hydrogen (secondary N) is 1. The van der Waals surface area contributed by atoms with Gasteiger partial charge in [-0.3, -0.25) is 4.79 Å². The second-order valence-electron chi connectivity index (χ2n) is 4.78. The lowest BCUT2D eigenvalue weighted by Crippen LogP contribution is -2.28. The van der Waals surface area contributed by atoms with Gasteiger partial charge in [0.05, 0.1) is 4.90 Å². The minimum atomic E-state index is -3.46. The van der Waals surface area contributed by atoms with Crippen LogP contribution < -0.4 is 5.32 Å². The van der Waals surface area contributed by atoms with Gasteiger partial charge in [-0.1, -0.05) is 22.4 Å². The van der Waals surface area contributed by atoms with Crippen molar-refractivity contribution in [2.75, 3.05) is 24.2 Å². The normalized spacial score (nSPS) is 11.6. The van der Waals surface area contributed by atoms with E-state index in [-0.39, 0.29) is 10.8 Å². The van der Waals surface area contributed by atoms with Crippen molar-refractivity contribution in [1.29, 1.82) is 0 Å². The number of carbonyl (C=O) groups excluding carboxylic acids is 1. The first kappa shape index (κ1) is 18.1. The average molecular weight is 377 g/mol. The minimum Gasteiger partial charge on any atom is -0.326 e. The topological polar surface area (TPSA) is 66.5 Å². The van der Waals surface area contributed by atoms with Crippen LogP contribution >= 0.6 is 15.9 Å². The lowest BCUT2D eigenvalue weighted by molar-refractivity contribution is -0.114. The van der Waals surface area contributed by atoms with Crippen LogP contribution in [0, 0.1) is 0 Å². The summed E-state index contributed by atoms with van der Waals surface area (Å²) in [5, 5.41) is 3.55. The molecule has 0 unspecified atom stereocenters. The molecule has 0 spiro atoms. The summed E-state index contributed by atoms with van der Waals surface area (Å²) >= 11 is 3.35. The third-order valence-corrected chi connectivity index (χ3v) is 5.42. The number of carbonyl (C=O) groups is 1. The molecule has 0 saturated heterocycles. The Labute approximate surface area is 134 Å². The summed E-state index contributed by atoms with van der Waals surface area (Å²) in [5.74, 6) is -0.186. The number of alkyl halides is 1. The average Bonchev–Trinajstić information content (AvgIpc) is 2.43. The summed E-state index contributed by atoms with van der Waals surface area (Å²) in [7, 11) is -1.87. The quantitative estimate of drug-likeness (QED) is 0.560. The van der Waals surface area contributed by atoms with Crippen molar-refractivity contribution < 1.29 is 13.2 Å². The van der Waals surface area contributed by atoms with Crippen LogP contribution in [0.1, 0.15) is 26.2 Å². The van der Waals surface area contributed by atoms with E-state index in [1.165, 1.54) is 23.4 Å². The van der Waals surface area contributed by atoms with E-state index in [1.54, 1.807) is 19.2 Å². The molecule has 1 rings (SSSR count). The SMILES string of the molecule is CC(=O)Nc1ccc(S(=O)(=O)N(C)CCCCCBr)cc1. The highest BCUT2D eigenvalue weighted by atomic mass is 79.9. The molecule has 1 amide bonds. The summed E-state index contributed by atoms with van der Waals surface area (Å²) in [6.45, 7) is 1.91. The van der Waals surface area contributed by atoms with Crippen LogP contribution in [0.25, 0.3) is 0 Å².